The highest BCUT2D eigenvalue weighted by Gasteiger charge is 2.17. The molecule has 0 saturated heterocycles. The van der Waals surface area contributed by atoms with Crippen LogP contribution in [0.15, 0.2) is 69.2 Å². The number of carbonyl (C=O) groups excluding carboxylic acids is 2. The van der Waals surface area contributed by atoms with Gasteiger partial charge >= 0.3 is 11.9 Å². The lowest BCUT2D eigenvalue weighted by atomic mass is 10.1. The molecule has 2 aliphatic heterocycles. The number of hydrogen-bond donors (Lipinski definition) is 2. The van der Waals surface area contributed by atoms with E-state index in [1.807, 2.05) is 0 Å². The number of allylic oxidation sites excluding steroid dienone is 2. The molecule has 8 nitrogen and oxygen atoms in total. The van der Waals surface area contributed by atoms with Gasteiger partial charge in [0.2, 0.25) is 0 Å². The Morgan fingerprint density at radius 1 is 0.857 bits per heavy atom. The predicted molar refractivity (Wildman–Crippen MR) is 109 cm³/mol. The lowest BCUT2D eigenvalue weighted by molar-refractivity contribution is -0.139. The summed E-state index contributed by atoms with van der Waals surface area (Å²) in [4.78, 5) is 31.6. The van der Waals surface area contributed by atoms with E-state index in [4.69, 9.17) is 9.47 Å². The molecule has 28 heavy (non-hydrogen) atoms. The first-order valence-corrected chi connectivity index (χ1v) is 8.92. The molecule has 144 valence electrons. The van der Waals surface area contributed by atoms with Crippen LogP contribution >= 0.6 is 24.4 Å². The van der Waals surface area contributed by atoms with Crippen LogP contribution in [0.3, 0.4) is 0 Å². The molecule has 0 aromatic heterocycles. The first-order chi connectivity index (χ1) is 13.7. The molecule has 0 aromatic carbocycles. The minimum absolute atomic E-state index is 0.108. The molecule has 0 radical (unpaired) electrons. The van der Waals surface area contributed by atoms with Gasteiger partial charge in [-0.15, -0.1) is 0 Å². The maximum Gasteiger partial charge on any atom is 0.338 e. The zero-order chi connectivity index (χ0) is 20.2. The summed E-state index contributed by atoms with van der Waals surface area (Å²) >= 11 is 8.90. The molecule has 2 heterocycles. The normalized spacial score (nSPS) is 17.0. The highest BCUT2D eigenvalue weighted by molar-refractivity contribution is 7.78. The second-order valence-corrected chi connectivity index (χ2v) is 5.57. The Hall–Kier alpha value is -3.16. The van der Waals surface area contributed by atoms with E-state index in [1.54, 1.807) is 36.7 Å². The van der Waals surface area contributed by atoms with Crippen LogP contribution in [0.5, 0.6) is 0 Å². The summed E-state index contributed by atoms with van der Waals surface area (Å²) in [5.41, 5.74) is 1.87. The molecule has 10 heteroatoms. The van der Waals surface area contributed by atoms with Crippen molar-refractivity contribution in [3.05, 3.63) is 59.2 Å². The van der Waals surface area contributed by atoms with Crippen molar-refractivity contribution < 1.29 is 19.1 Å². The highest BCUT2D eigenvalue weighted by atomic mass is 32.1. The van der Waals surface area contributed by atoms with Crippen LogP contribution in [-0.2, 0) is 19.1 Å². The summed E-state index contributed by atoms with van der Waals surface area (Å²) in [6, 6.07) is 0. The summed E-state index contributed by atoms with van der Waals surface area (Å²) in [7, 11) is 0. The summed E-state index contributed by atoms with van der Waals surface area (Å²) in [5.74, 6) is -0.992. The van der Waals surface area contributed by atoms with E-state index >= 15 is 0 Å². The molecule has 0 unspecified atom stereocenters. The molecule has 0 amide bonds. The predicted octanol–water partition coefficient (Wildman–Crippen LogP) is 1.58. The van der Waals surface area contributed by atoms with Gasteiger partial charge in [0.05, 0.1) is 46.0 Å². The summed E-state index contributed by atoms with van der Waals surface area (Å²) in [5, 5.41) is 10.4. The molecule has 0 aromatic rings. The van der Waals surface area contributed by atoms with Crippen molar-refractivity contribution in [2.24, 2.45) is 9.98 Å². The van der Waals surface area contributed by atoms with Gasteiger partial charge in [0.1, 0.15) is 13.2 Å². The van der Waals surface area contributed by atoms with Crippen LogP contribution in [0.25, 0.3) is 0 Å². The highest BCUT2D eigenvalue weighted by Crippen LogP contribution is 2.17. The molecule has 0 saturated carbocycles. The van der Waals surface area contributed by atoms with Gasteiger partial charge < -0.3 is 20.1 Å². The molecular weight excluding hydrogens is 400 g/mol. The van der Waals surface area contributed by atoms with Crippen molar-refractivity contribution in [1.82, 2.24) is 10.6 Å². The molecule has 0 aliphatic carbocycles. The summed E-state index contributed by atoms with van der Waals surface area (Å²) in [6.45, 7) is 0.734. The van der Waals surface area contributed by atoms with Crippen molar-refractivity contribution in [2.75, 3.05) is 26.3 Å². The van der Waals surface area contributed by atoms with Crippen LogP contribution in [0.2, 0.25) is 0 Å². The maximum atomic E-state index is 12.1. The van der Waals surface area contributed by atoms with Gasteiger partial charge in [0.15, 0.2) is 0 Å². The van der Waals surface area contributed by atoms with Gasteiger partial charge in [-0.1, -0.05) is 0 Å². The topological polar surface area (TPSA) is 101 Å². The number of ether oxygens (including phenoxy) is 2. The number of carbonyl (C=O) groups is 2. The molecular formula is C18H16N4O4S2. The van der Waals surface area contributed by atoms with Crippen molar-refractivity contribution in [3.63, 3.8) is 0 Å². The Balaban J connectivity index is 2.08. The van der Waals surface area contributed by atoms with Crippen molar-refractivity contribution in [1.29, 1.82) is 0 Å². The number of esters is 2. The first kappa shape index (κ1) is 21.1. The quantitative estimate of drug-likeness (QED) is 0.266. The number of rotatable bonds is 8. The zero-order valence-electron chi connectivity index (χ0n) is 14.6. The van der Waals surface area contributed by atoms with Crippen LogP contribution in [0.4, 0.5) is 0 Å². The van der Waals surface area contributed by atoms with E-state index in [0.717, 1.165) is 0 Å². The summed E-state index contributed by atoms with van der Waals surface area (Å²) in [6.07, 6.45) is 9.60. The lowest BCUT2D eigenvalue weighted by Gasteiger charge is -2.17. The van der Waals surface area contributed by atoms with Crippen molar-refractivity contribution in [3.8, 4) is 0 Å². The van der Waals surface area contributed by atoms with Crippen LogP contribution in [-0.4, -0.2) is 48.6 Å². The van der Waals surface area contributed by atoms with E-state index in [1.165, 1.54) is 0 Å². The average Bonchev–Trinajstić information content (AvgIpc) is 2.74. The Kier molecular flexibility index (Phi) is 8.71. The molecule has 2 rings (SSSR count). The maximum absolute atomic E-state index is 12.1. The second-order valence-electron chi connectivity index (χ2n) is 5.20. The minimum Gasteiger partial charge on any atom is -0.460 e. The Morgan fingerprint density at radius 2 is 1.29 bits per heavy atom. The third-order valence-electron chi connectivity index (χ3n) is 3.37. The summed E-state index contributed by atoms with van der Waals surface area (Å²) < 4.78 is 10.2. The Bertz CT molecular complexity index is 817. The zero-order valence-corrected chi connectivity index (χ0v) is 16.3. The van der Waals surface area contributed by atoms with Crippen LogP contribution in [0.1, 0.15) is 0 Å². The fourth-order valence-corrected chi connectivity index (χ4v) is 2.31. The van der Waals surface area contributed by atoms with Crippen LogP contribution in [0, 0.1) is 0 Å². The standard InChI is InChI=1S/C18H16N4O4S2/c23-17(25-7-5-19-11-27)13-1-3-21-15(9-13)16-10-14(2-4-22-16)18(24)26-8-6-20-12-28/h1-4,9-10,21-22H,5-8H2. The minimum atomic E-state index is -0.496. The van der Waals surface area contributed by atoms with Gasteiger partial charge in [0.25, 0.3) is 0 Å². The Labute approximate surface area is 172 Å². The van der Waals surface area contributed by atoms with E-state index in [0.29, 0.717) is 22.5 Å². The largest absolute Gasteiger partial charge is 0.460 e. The smallest absolute Gasteiger partial charge is 0.338 e. The second kappa shape index (κ2) is 11.5. The fourth-order valence-electron chi connectivity index (χ4n) is 2.12. The average molecular weight is 416 g/mol. The Morgan fingerprint density at radius 3 is 1.68 bits per heavy atom. The number of nitrogens with one attached hydrogen (secondary N) is 2. The number of isothiocyanates is 2. The van der Waals surface area contributed by atoms with Gasteiger partial charge in [-0.25, -0.2) is 19.6 Å². The molecule has 2 N–H and O–H groups in total. The third-order valence-corrected chi connectivity index (χ3v) is 3.62. The van der Waals surface area contributed by atoms with Gasteiger partial charge in [0, 0.05) is 12.4 Å². The van der Waals surface area contributed by atoms with E-state index < -0.39 is 11.9 Å². The van der Waals surface area contributed by atoms with Gasteiger partial charge in [-0.2, -0.15) is 0 Å². The number of thiocarbonyl (C=S) groups is 2. The molecule has 0 spiro atoms. The molecule has 0 atom stereocenters. The van der Waals surface area contributed by atoms with Crippen LogP contribution < -0.4 is 10.6 Å². The number of dihydropyridines is 2. The van der Waals surface area contributed by atoms with E-state index in [2.05, 4.69) is 55.4 Å². The SMILES string of the molecule is O=C(OCCN=C=S)C1=CC(=C2C=C(C(=O)OCCN=C=S)C=CN2)NC=C1. The van der Waals surface area contributed by atoms with E-state index in [9.17, 15) is 9.59 Å². The van der Waals surface area contributed by atoms with Crippen molar-refractivity contribution in [2.45, 2.75) is 0 Å². The van der Waals surface area contributed by atoms with Gasteiger partial charge in [-0.05, 0) is 48.7 Å². The molecule has 0 fully saturated rings. The monoisotopic (exact) mass is 416 g/mol. The number of hydrogen-bond acceptors (Lipinski definition) is 10. The molecule has 2 aliphatic rings. The van der Waals surface area contributed by atoms with Gasteiger partial charge in [-0.3, -0.25) is 0 Å². The number of aliphatic imine (C=N–C) groups is 2. The fraction of sp³-hybridized carbons (Fsp3) is 0.222. The lowest BCUT2D eigenvalue weighted by Crippen LogP contribution is -2.21. The third kappa shape index (κ3) is 6.53. The molecule has 0 bridgehead atoms. The first-order valence-electron chi connectivity index (χ1n) is 8.11. The number of nitrogens with zero attached hydrogens (tertiary/aromatic N) is 2. The van der Waals surface area contributed by atoms with Crippen molar-refractivity contribution >= 4 is 46.7 Å². The van der Waals surface area contributed by atoms with E-state index in [-0.39, 0.29) is 26.3 Å².